The number of aromatic nitrogens is 1. The minimum Gasteiger partial charge on any atom is -0.495 e. The lowest BCUT2D eigenvalue weighted by molar-refractivity contribution is 0.220. The van der Waals surface area contributed by atoms with E-state index in [1.807, 2.05) is 19.1 Å². The highest BCUT2D eigenvalue weighted by atomic mass is 16.5. The van der Waals surface area contributed by atoms with Crippen LogP contribution in [0.25, 0.3) is 0 Å². The van der Waals surface area contributed by atoms with Gasteiger partial charge < -0.3 is 15.6 Å². The predicted octanol–water partition coefficient (Wildman–Crippen LogP) is 2.06. The fraction of sp³-hybridized carbons (Fsp3) is 0.214. The van der Waals surface area contributed by atoms with Crippen molar-refractivity contribution in [2.45, 2.75) is 13.0 Å². The van der Waals surface area contributed by atoms with Crippen LogP contribution in [0.3, 0.4) is 0 Å². The number of hydrogen-bond donors (Lipinski definition) is 2. The summed E-state index contributed by atoms with van der Waals surface area (Å²) in [4.78, 5) is 4.17. The van der Waals surface area contributed by atoms with Gasteiger partial charge in [-0.15, -0.1) is 0 Å². The number of aryl methyl sites for hydroxylation is 1. The van der Waals surface area contributed by atoms with E-state index < -0.39 is 6.10 Å². The number of ether oxygens (including phenoxy) is 1. The van der Waals surface area contributed by atoms with Crippen LogP contribution in [0.4, 0.5) is 5.69 Å². The van der Waals surface area contributed by atoms with Gasteiger partial charge in [0.25, 0.3) is 0 Å². The quantitative estimate of drug-likeness (QED) is 0.811. The Morgan fingerprint density at radius 1 is 1.28 bits per heavy atom. The second-order valence-electron chi connectivity index (χ2n) is 4.10. The molecule has 0 radical (unpaired) electrons. The maximum Gasteiger partial charge on any atom is 0.142 e. The molecule has 3 N–H and O–H groups in total. The van der Waals surface area contributed by atoms with E-state index >= 15 is 0 Å². The Labute approximate surface area is 106 Å². The molecule has 1 heterocycles. The smallest absolute Gasteiger partial charge is 0.142 e. The molecule has 1 atom stereocenters. The second kappa shape index (κ2) is 5.06. The number of nitrogens with zero attached hydrogens (tertiary/aromatic N) is 1. The first-order valence-corrected chi connectivity index (χ1v) is 5.66. The number of pyridine rings is 1. The van der Waals surface area contributed by atoms with Crippen molar-refractivity contribution in [2.24, 2.45) is 0 Å². The molecule has 0 fully saturated rings. The molecule has 0 aliphatic rings. The normalized spacial score (nSPS) is 12.2. The van der Waals surface area contributed by atoms with Gasteiger partial charge in [0.1, 0.15) is 11.9 Å². The molecule has 94 valence electrons. The van der Waals surface area contributed by atoms with Crippen LogP contribution in [0, 0.1) is 6.92 Å². The summed E-state index contributed by atoms with van der Waals surface area (Å²) in [5, 5.41) is 10.3. The Bertz CT molecular complexity index is 538. The van der Waals surface area contributed by atoms with Crippen LogP contribution in [0.1, 0.15) is 22.9 Å². The molecule has 0 amide bonds. The largest absolute Gasteiger partial charge is 0.495 e. The van der Waals surface area contributed by atoms with Gasteiger partial charge in [-0.25, -0.2) is 0 Å². The second-order valence-corrected chi connectivity index (χ2v) is 4.10. The van der Waals surface area contributed by atoms with E-state index in [1.54, 1.807) is 31.5 Å². The fourth-order valence-electron chi connectivity index (χ4n) is 1.80. The summed E-state index contributed by atoms with van der Waals surface area (Å²) in [7, 11) is 1.55. The molecule has 1 unspecified atom stereocenters. The van der Waals surface area contributed by atoms with E-state index in [2.05, 4.69) is 4.98 Å². The Balaban J connectivity index is 2.39. The van der Waals surface area contributed by atoms with Crippen LogP contribution >= 0.6 is 0 Å². The van der Waals surface area contributed by atoms with Crippen molar-refractivity contribution in [3.8, 4) is 5.75 Å². The summed E-state index contributed by atoms with van der Waals surface area (Å²) in [6, 6.07) is 9.04. The van der Waals surface area contributed by atoms with Crippen molar-refractivity contribution < 1.29 is 9.84 Å². The molecule has 0 aliphatic heterocycles. The lowest BCUT2D eigenvalue weighted by atomic mass is 10.0. The number of methoxy groups -OCH3 is 1. The molecule has 0 saturated heterocycles. The van der Waals surface area contributed by atoms with Gasteiger partial charge in [0.05, 0.1) is 12.8 Å². The number of anilines is 1. The van der Waals surface area contributed by atoms with Gasteiger partial charge in [-0.1, -0.05) is 18.2 Å². The average molecular weight is 244 g/mol. The van der Waals surface area contributed by atoms with Crippen LogP contribution in [0.5, 0.6) is 5.75 Å². The highest BCUT2D eigenvalue weighted by Gasteiger charge is 2.15. The van der Waals surface area contributed by atoms with Crippen LogP contribution in [0.15, 0.2) is 36.5 Å². The number of para-hydroxylation sites is 1. The zero-order valence-electron chi connectivity index (χ0n) is 10.4. The molecule has 0 bridgehead atoms. The summed E-state index contributed by atoms with van der Waals surface area (Å²) < 4.78 is 5.14. The zero-order chi connectivity index (χ0) is 13.1. The molecule has 4 heteroatoms. The highest BCUT2D eigenvalue weighted by Crippen LogP contribution is 2.32. The van der Waals surface area contributed by atoms with Gasteiger partial charge in [0.15, 0.2) is 0 Å². The van der Waals surface area contributed by atoms with Crippen molar-refractivity contribution in [1.29, 1.82) is 0 Å². The van der Waals surface area contributed by atoms with Crippen LogP contribution in [-0.4, -0.2) is 17.2 Å². The molecule has 4 nitrogen and oxygen atoms in total. The molecular weight excluding hydrogens is 228 g/mol. The van der Waals surface area contributed by atoms with Gasteiger partial charge in [0, 0.05) is 23.0 Å². The summed E-state index contributed by atoms with van der Waals surface area (Å²) in [6.45, 7) is 1.90. The number of nitrogen functional groups attached to an aromatic ring is 1. The Hall–Kier alpha value is -2.07. The average Bonchev–Trinajstić information content (AvgIpc) is 2.39. The van der Waals surface area contributed by atoms with Crippen LogP contribution < -0.4 is 10.5 Å². The lowest BCUT2D eigenvalue weighted by Gasteiger charge is -2.15. The third-order valence-electron chi connectivity index (χ3n) is 2.86. The minimum absolute atomic E-state index is 0.452. The van der Waals surface area contributed by atoms with E-state index in [4.69, 9.17) is 10.5 Å². The van der Waals surface area contributed by atoms with Crippen LogP contribution in [-0.2, 0) is 0 Å². The maximum atomic E-state index is 10.3. The zero-order valence-corrected chi connectivity index (χ0v) is 10.4. The van der Waals surface area contributed by atoms with Crippen molar-refractivity contribution in [3.05, 3.63) is 53.3 Å². The van der Waals surface area contributed by atoms with E-state index in [9.17, 15) is 5.11 Å². The third-order valence-corrected chi connectivity index (χ3v) is 2.86. The van der Waals surface area contributed by atoms with Gasteiger partial charge in [-0.3, -0.25) is 4.98 Å². The summed E-state index contributed by atoms with van der Waals surface area (Å²) >= 11 is 0. The lowest BCUT2D eigenvalue weighted by Crippen LogP contribution is -2.05. The summed E-state index contributed by atoms with van der Waals surface area (Å²) in [5.41, 5.74) is 8.65. The molecule has 0 aliphatic carbocycles. The number of rotatable bonds is 3. The van der Waals surface area contributed by atoms with Crippen molar-refractivity contribution in [3.63, 3.8) is 0 Å². The standard InChI is InChI=1S/C14H16N2O2/c1-9-6-7-10(8-16-9)14(17)11-4-3-5-12(18-2)13(11)15/h3-8,14,17H,15H2,1-2H3. The number of benzene rings is 1. The fourth-order valence-corrected chi connectivity index (χ4v) is 1.80. The van der Waals surface area contributed by atoms with Crippen molar-refractivity contribution in [2.75, 3.05) is 12.8 Å². The summed E-state index contributed by atoms with van der Waals surface area (Å²) in [5.74, 6) is 0.562. The minimum atomic E-state index is -0.798. The molecule has 0 spiro atoms. The van der Waals surface area contributed by atoms with E-state index in [0.717, 1.165) is 5.69 Å². The first-order chi connectivity index (χ1) is 8.63. The molecule has 2 rings (SSSR count). The molecule has 1 aromatic heterocycles. The van der Waals surface area contributed by atoms with Gasteiger partial charge in [-0.2, -0.15) is 0 Å². The summed E-state index contributed by atoms with van der Waals surface area (Å²) in [6.07, 6.45) is 0.854. The van der Waals surface area contributed by atoms with Crippen LogP contribution in [0.2, 0.25) is 0 Å². The molecule has 18 heavy (non-hydrogen) atoms. The Morgan fingerprint density at radius 3 is 2.67 bits per heavy atom. The number of aliphatic hydroxyl groups excluding tert-OH is 1. The van der Waals surface area contributed by atoms with E-state index in [-0.39, 0.29) is 0 Å². The van der Waals surface area contributed by atoms with Gasteiger partial charge >= 0.3 is 0 Å². The molecule has 2 aromatic rings. The predicted molar refractivity (Wildman–Crippen MR) is 70.4 cm³/mol. The molecule has 0 saturated carbocycles. The van der Waals surface area contributed by atoms with Gasteiger partial charge in [0.2, 0.25) is 0 Å². The van der Waals surface area contributed by atoms with E-state index in [1.165, 1.54) is 0 Å². The molecule has 1 aromatic carbocycles. The SMILES string of the molecule is COc1cccc(C(O)c2ccc(C)nc2)c1N. The molecular formula is C14H16N2O2. The Morgan fingerprint density at radius 2 is 2.06 bits per heavy atom. The first kappa shape index (κ1) is 12.4. The maximum absolute atomic E-state index is 10.3. The monoisotopic (exact) mass is 244 g/mol. The number of hydrogen-bond acceptors (Lipinski definition) is 4. The number of aliphatic hydroxyl groups is 1. The highest BCUT2D eigenvalue weighted by molar-refractivity contribution is 5.60. The van der Waals surface area contributed by atoms with Gasteiger partial charge in [-0.05, 0) is 19.1 Å². The number of nitrogens with two attached hydrogens (primary N) is 1. The topological polar surface area (TPSA) is 68.4 Å². The van der Waals surface area contributed by atoms with Crippen molar-refractivity contribution >= 4 is 5.69 Å². The first-order valence-electron chi connectivity index (χ1n) is 5.66. The van der Waals surface area contributed by atoms with E-state index in [0.29, 0.717) is 22.6 Å². The third kappa shape index (κ3) is 2.28. The Kier molecular flexibility index (Phi) is 3.48. The van der Waals surface area contributed by atoms with Crippen molar-refractivity contribution in [1.82, 2.24) is 4.98 Å².